The quantitative estimate of drug-likeness (QED) is 0.833. The Bertz CT molecular complexity index is 636. The predicted octanol–water partition coefficient (Wildman–Crippen LogP) is 2.66. The molecule has 3 rings (SSSR count). The normalized spacial score (nSPS) is 22.7. The maximum Gasteiger partial charge on any atom is 0.253 e. The predicted molar refractivity (Wildman–Crippen MR) is 82.1 cm³/mol. The van der Waals surface area contributed by atoms with Crippen molar-refractivity contribution in [1.29, 1.82) is 0 Å². The minimum absolute atomic E-state index is 0.148. The average Bonchev–Trinajstić information content (AvgIpc) is 2.71. The molecule has 0 radical (unpaired) electrons. The first kappa shape index (κ1) is 14.0. The zero-order valence-corrected chi connectivity index (χ0v) is 12.0. The third-order valence-electron chi connectivity index (χ3n) is 4.17. The molecule has 2 unspecified atom stereocenters. The van der Waals surface area contributed by atoms with Gasteiger partial charge in [0.05, 0.1) is 23.2 Å². The third-order valence-corrected chi connectivity index (χ3v) is 4.17. The van der Waals surface area contributed by atoms with Crippen molar-refractivity contribution in [3.63, 3.8) is 0 Å². The van der Waals surface area contributed by atoms with Gasteiger partial charge < -0.3 is 10.4 Å². The van der Waals surface area contributed by atoms with Crippen LogP contribution < -0.4 is 5.32 Å². The summed E-state index contributed by atoms with van der Waals surface area (Å²) in [6.07, 6.45) is 6.06. The lowest BCUT2D eigenvalue weighted by atomic mass is 10.0. The van der Waals surface area contributed by atoms with Crippen molar-refractivity contribution in [2.75, 3.05) is 0 Å². The Labute approximate surface area is 124 Å². The first-order valence-electron chi connectivity index (χ1n) is 7.58. The van der Waals surface area contributed by atoms with E-state index in [0.717, 1.165) is 37.5 Å². The molecule has 0 saturated heterocycles. The molecule has 0 bridgehead atoms. The Hall–Kier alpha value is -1.94. The van der Waals surface area contributed by atoms with Crippen LogP contribution in [-0.2, 0) is 0 Å². The summed E-state index contributed by atoms with van der Waals surface area (Å²) < 4.78 is 0. The van der Waals surface area contributed by atoms with Gasteiger partial charge in [0.2, 0.25) is 0 Å². The van der Waals surface area contributed by atoms with Crippen LogP contribution in [-0.4, -0.2) is 28.1 Å². The Morgan fingerprint density at radius 2 is 1.95 bits per heavy atom. The molecule has 2 N–H and O–H groups in total. The number of hydrogen-bond acceptors (Lipinski definition) is 3. The van der Waals surface area contributed by atoms with Crippen LogP contribution >= 0.6 is 0 Å². The minimum atomic E-state index is -0.445. The Morgan fingerprint density at radius 3 is 2.86 bits per heavy atom. The van der Waals surface area contributed by atoms with E-state index >= 15 is 0 Å². The van der Waals surface area contributed by atoms with Crippen LogP contribution in [0.5, 0.6) is 0 Å². The largest absolute Gasteiger partial charge is 0.391 e. The van der Waals surface area contributed by atoms with Gasteiger partial charge in [-0.1, -0.05) is 37.5 Å². The van der Waals surface area contributed by atoms with Crippen molar-refractivity contribution in [1.82, 2.24) is 10.3 Å². The summed E-state index contributed by atoms with van der Waals surface area (Å²) in [6.45, 7) is 0. The molecule has 2 atom stereocenters. The average molecular weight is 284 g/mol. The van der Waals surface area contributed by atoms with Crippen molar-refractivity contribution >= 4 is 16.8 Å². The van der Waals surface area contributed by atoms with Gasteiger partial charge in [0, 0.05) is 11.6 Å². The van der Waals surface area contributed by atoms with Gasteiger partial charge in [-0.15, -0.1) is 0 Å². The maximum absolute atomic E-state index is 12.5. The highest BCUT2D eigenvalue weighted by Crippen LogP contribution is 2.20. The molecule has 4 heteroatoms. The Morgan fingerprint density at radius 1 is 1.14 bits per heavy atom. The fraction of sp³-hybridized carbons (Fsp3) is 0.412. The van der Waals surface area contributed by atoms with Crippen molar-refractivity contribution in [2.45, 2.75) is 44.2 Å². The van der Waals surface area contributed by atoms with E-state index in [1.807, 2.05) is 24.3 Å². The Balaban J connectivity index is 1.83. The number of aliphatic hydroxyl groups is 1. The first-order chi connectivity index (χ1) is 10.3. The van der Waals surface area contributed by atoms with Crippen molar-refractivity contribution in [2.24, 2.45) is 0 Å². The number of benzene rings is 1. The molecule has 1 aliphatic carbocycles. The maximum atomic E-state index is 12.5. The van der Waals surface area contributed by atoms with Crippen molar-refractivity contribution in [3.05, 3.63) is 42.1 Å². The number of hydrogen-bond donors (Lipinski definition) is 2. The summed E-state index contributed by atoms with van der Waals surface area (Å²) >= 11 is 0. The SMILES string of the molecule is O=C(NC1CCCCCC1O)c1cccc2cccnc12. The molecule has 110 valence electrons. The van der Waals surface area contributed by atoms with E-state index in [2.05, 4.69) is 10.3 Å². The van der Waals surface area contributed by atoms with E-state index in [0.29, 0.717) is 11.1 Å². The molecule has 1 amide bonds. The number of para-hydroxylation sites is 1. The first-order valence-corrected chi connectivity index (χ1v) is 7.58. The number of aliphatic hydroxyl groups excluding tert-OH is 1. The summed E-state index contributed by atoms with van der Waals surface area (Å²) in [5, 5.41) is 14.1. The van der Waals surface area contributed by atoms with Gasteiger partial charge in [-0.05, 0) is 25.0 Å². The second-order valence-corrected chi connectivity index (χ2v) is 5.67. The third kappa shape index (κ3) is 3.05. The van der Waals surface area contributed by atoms with Crippen molar-refractivity contribution < 1.29 is 9.90 Å². The van der Waals surface area contributed by atoms with Gasteiger partial charge >= 0.3 is 0 Å². The lowest BCUT2D eigenvalue weighted by molar-refractivity contribution is 0.0820. The molecule has 21 heavy (non-hydrogen) atoms. The standard InChI is InChI=1S/C17H20N2O2/c20-15-10-3-1-2-9-14(15)19-17(21)13-8-4-6-12-7-5-11-18-16(12)13/h4-8,11,14-15,20H,1-3,9-10H2,(H,19,21). The minimum Gasteiger partial charge on any atom is -0.391 e. The number of pyridine rings is 1. The number of nitrogens with zero attached hydrogens (tertiary/aromatic N) is 1. The molecule has 1 fully saturated rings. The number of fused-ring (bicyclic) bond motifs is 1. The zero-order chi connectivity index (χ0) is 14.7. The number of carbonyl (C=O) groups is 1. The van der Waals surface area contributed by atoms with Crippen molar-refractivity contribution in [3.8, 4) is 0 Å². The van der Waals surface area contributed by atoms with Gasteiger partial charge in [-0.25, -0.2) is 0 Å². The van der Waals surface area contributed by atoms with Crippen LogP contribution in [0, 0.1) is 0 Å². The molecule has 0 spiro atoms. The van der Waals surface area contributed by atoms with E-state index < -0.39 is 6.10 Å². The molecule has 1 saturated carbocycles. The summed E-state index contributed by atoms with van der Waals surface area (Å²) in [4.78, 5) is 16.8. The summed E-state index contributed by atoms with van der Waals surface area (Å²) in [5.74, 6) is -0.148. The number of carbonyl (C=O) groups excluding carboxylic acids is 1. The molecule has 1 heterocycles. The van der Waals surface area contributed by atoms with Gasteiger partial charge in [0.1, 0.15) is 0 Å². The molecule has 2 aromatic rings. The topological polar surface area (TPSA) is 62.2 Å². The van der Waals surface area contributed by atoms with Crippen LogP contribution in [0.25, 0.3) is 10.9 Å². The molecule has 4 nitrogen and oxygen atoms in total. The van der Waals surface area contributed by atoms with Crippen LogP contribution in [0.2, 0.25) is 0 Å². The van der Waals surface area contributed by atoms with Gasteiger partial charge in [0.25, 0.3) is 5.91 Å². The molecule has 1 aromatic heterocycles. The van der Waals surface area contributed by atoms with Crippen LogP contribution in [0.3, 0.4) is 0 Å². The molecule has 1 aromatic carbocycles. The molecule has 0 aliphatic heterocycles. The summed E-state index contributed by atoms with van der Waals surface area (Å²) in [7, 11) is 0. The second kappa shape index (κ2) is 6.22. The van der Waals surface area contributed by atoms with Gasteiger partial charge in [0.15, 0.2) is 0 Å². The fourth-order valence-corrected chi connectivity index (χ4v) is 2.99. The second-order valence-electron chi connectivity index (χ2n) is 5.67. The number of amides is 1. The van der Waals surface area contributed by atoms with E-state index in [4.69, 9.17) is 0 Å². The van der Waals surface area contributed by atoms with Crippen LogP contribution in [0.4, 0.5) is 0 Å². The molecular weight excluding hydrogens is 264 g/mol. The summed E-state index contributed by atoms with van der Waals surface area (Å²) in [6, 6.07) is 9.24. The fourth-order valence-electron chi connectivity index (χ4n) is 2.99. The monoisotopic (exact) mass is 284 g/mol. The lowest BCUT2D eigenvalue weighted by Crippen LogP contribution is -2.42. The highest BCUT2D eigenvalue weighted by atomic mass is 16.3. The lowest BCUT2D eigenvalue weighted by Gasteiger charge is -2.22. The van der Waals surface area contributed by atoms with E-state index in [1.54, 1.807) is 12.3 Å². The van der Waals surface area contributed by atoms with E-state index in [1.165, 1.54) is 0 Å². The number of aromatic nitrogens is 1. The highest BCUT2D eigenvalue weighted by molar-refractivity contribution is 6.05. The zero-order valence-electron chi connectivity index (χ0n) is 12.0. The van der Waals surface area contributed by atoms with Crippen LogP contribution in [0.15, 0.2) is 36.5 Å². The highest BCUT2D eigenvalue weighted by Gasteiger charge is 2.24. The summed E-state index contributed by atoms with van der Waals surface area (Å²) in [5.41, 5.74) is 1.28. The van der Waals surface area contributed by atoms with E-state index in [9.17, 15) is 9.90 Å². The molecular formula is C17H20N2O2. The number of rotatable bonds is 2. The smallest absolute Gasteiger partial charge is 0.253 e. The molecule has 1 aliphatic rings. The van der Waals surface area contributed by atoms with Crippen LogP contribution in [0.1, 0.15) is 42.5 Å². The van der Waals surface area contributed by atoms with E-state index in [-0.39, 0.29) is 11.9 Å². The van der Waals surface area contributed by atoms with Gasteiger partial charge in [-0.3, -0.25) is 9.78 Å². The Kier molecular flexibility index (Phi) is 4.15. The number of nitrogens with one attached hydrogen (secondary N) is 1. The van der Waals surface area contributed by atoms with Gasteiger partial charge in [-0.2, -0.15) is 0 Å².